The molecule has 0 aliphatic heterocycles. The van der Waals surface area contributed by atoms with Crippen LogP contribution in [0.5, 0.6) is 0 Å². The number of rotatable bonds is 2. The second kappa shape index (κ2) is 5.43. The molecule has 0 aromatic heterocycles. The van der Waals surface area contributed by atoms with E-state index < -0.39 is 15.9 Å². The summed E-state index contributed by atoms with van der Waals surface area (Å²) >= 11 is 21.9. The summed E-state index contributed by atoms with van der Waals surface area (Å²) in [5, 5.41) is 11.7. The van der Waals surface area contributed by atoms with Crippen LogP contribution in [0.25, 0.3) is 0 Å². The highest BCUT2D eigenvalue weighted by Gasteiger charge is 2.32. The van der Waals surface area contributed by atoms with Crippen LogP contribution in [0.1, 0.15) is 10.4 Å². The van der Waals surface area contributed by atoms with Crippen molar-refractivity contribution in [2.75, 3.05) is 0 Å². The van der Waals surface area contributed by atoms with Crippen LogP contribution in [-0.4, -0.2) is 21.0 Å². The lowest BCUT2D eigenvalue weighted by atomic mass is 10.2. The maximum absolute atomic E-state index is 11.6. The van der Waals surface area contributed by atoms with E-state index in [1.165, 1.54) is 12.1 Å². The molecule has 0 heterocycles. The van der Waals surface area contributed by atoms with Crippen LogP contribution in [-0.2, 0) is 0 Å². The molecule has 0 radical (unpaired) electrons. The lowest BCUT2D eigenvalue weighted by Gasteiger charge is -2.20. The number of carbonyl (C=O) groups excluding carboxylic acids is 1. The average Bonchev–Trinajstić information content (AvgIpc) is 2.16. The second-order valence-electron chi connectivity index (χ2n) is 2.90. The Hall–Kier alpha value is -0.190. The van der Waals surface area contributed by atoms with Gasteiger partial charge in [0.2, 0.25) is 3.79 Å². The normalized spacial score (nSPS) is 13.3. The van der Waals surface area contributed by atoms with Crippen LogP contribution in [0, 0.1) is 0 Å². The highest BCUT2D eigenvalue weighted by molar-refractivity contribution is 6.68. The Morgan fingerprint density at radius 3 is 2.38 bits per heavy atom. The van der Waals surface area contributed by atoms with E-state index in [9.17, 15) is 9.90 Å². The molecule has 0 spiro atoms. The molecule has 1 aromatic rings. The van der Waals surface area contributed by atoms with E-state index in [2.05, 4.69) is 5.32 Å². The van der Waals surface area contributed by atoms with E-state index in [-0.39, 0.29) is 10.6 Å². The van der Waals surface area contributed by atoms with Crippen LogP contribution >= 0.6 is 46.4 Å². The summed E-state index contributed by atoms with van der Waals surface area (Å²) < 4.78 is -1.99. The van der Waals surface area contributed by atoms with Gasteiger partial charge in [0.25, 0.3) is 5.91 Å². The number of benzene rings is 1. The number of hydrogen-bond acceptors (Lipinski definition) is 2. The molecule has 16 heavy (non-hydrogen) atoms. The second-order valence-corrected chi connectivity index (χ2v) is 5.67. The van der Waals surface area contributed by atoms with Gasteiger partial charge in [0, 0.05) is 0 Å². The highest BCUT2D eigenvalue weighted by Crippen LogP contribution is 2.29. The first-order chi connectivity index (χ1) is 7.32. The molecule has 1 rings (SSSR count). The first kappa shape index (κ1) is 13.9. The summed E-state index contributed by atoms with van der Waals surface area (Å²) in [4.78, 5) is 11.6. The first-order valence-electron chi connectivity index (χ1n) is 4.12. The van der Waals surface area contributed by atoms with Crippen molar-refractivity contribution in [2.24, 2.45) is 0 Å². The summed E-state index contributed by atoms with van der Waals surface area (Å²) in [6.07, 6.45) is -1.61. The van der Waals surface area contributed by atoms with Crippen molar-refractivity contribution in [3.63, 3.8) is 0 Å². The summed E-state index contributed by atoms with van der Waals surface area (Å²) in [5.41, 5.74) is 0.192. The number of hydrogen-bond donors (Lipinski definition) is 2. The molecule has 0 fully saturated rings. The molecule has 2 N–H and O–H groups in total. The SMILES string of the molecule is O=C(N[C@@H](O)C(Cl)(Cl)Cl)c1ccccc1Cl. The molecule has 88 valence electrons. The van der Waals surface area contributed by atoms with Crippen LogP contribution in [0.2, 0.25) is 5.02 Å². The van der Waals surface area contributed by atoms with Crippen molar-refractivity contribution in [3.05, 3.63) is 34.9 Å². The van der Waals surface area contributed by atoms with Gasteiger partial charge >= 0.3 is 0 Å². The van der Waals surface area contributed by atoms with Gasteiger partial charge in [-0.05, 0) is 12.1 Å². The smallest absolute Gasteiger partial charge is 0.254 e. The fraction of sp³-hybridized carbons (Fsp3) is 0.222. The van der Waals surface area contributed by atoms with E-state index in [0.29, 0.717) is 0 Å². The van der Waals surface area contributed by atoms with Gasteiger partial charge in [-0.2, -0.15) is 0 Å². The van der Waals surface area contributed by atoms with Crippen molar-refractivity contribution >= 4 is 52.3 Å². The summed E-state index contributed by atoms with van der Waals surface area (Å²) in [5.74, 6) is -0.621. The fourth-order valence-corrected chi connectivity index (χ4v) is 1.31. The number of nitrogens with one attached hydrogen (secondary N) is 1. The number of halogens is 4. The Morgan fingerprint density at radius 2 is 1.88 bits per heavy atom. The summed E-state index contributed by atoms with van der Waals surface area (Å²) in [7, 11) is 0. The van der Waals surface area contributed by atoms with Crippen LogP contribution in [0.4, 0.5) is 0 Å². The van der Waals surface area contributed by atoms with Crippen LogP contribution in [0.3, 0.4) is 0 Å². The van der Waals surface area contributed by atoms with Crippen molar-refractivity contribution in [1.29, 1.82) is 0 Å². The minimum atomic E-state index is -1.99. The predicted octanol–water partition coefficient (Wildman–Crippen LogP) is 2.76. The molecule has 0 saturated heterocycles. The quantitative estimate of drug-likeness (QED) is 0.652. The zero-order valence-corrected chi connectivity index (χ0v) is 10.8. The maximum Gasteiger partial charge on any atom is 0.254 e. The molecular formula is C9H7Cl4NO2. The molecule has 0 bridgehead atoms. The predicted molar refractivity (Wildman–Crippen MR) is 65.2 cm³/mol. The first-order valence-corrected chi connectivity index (χ1v) is 5.63. The van der Waals surface area contributed by atoms with Crippen molar-refractivity contribution in [1.82, 2.24) is 5.32 Å². The lowest BCUT2D eigenvalue weighted by Crippen LogP contribution is -2.43. The molecule has 7 heteroatoms. The standard InChI is InChI=1S/C9H7Cl4NO2/c10-6-4-2-1-3-5(6)7(15)14-8(16)9(11,12)13/h1-4,8,16H,(H,14,15)/t8-/m0/s1. The molecule has 1 atom stereocenters. The molecule has 0 aliphatic rings. The third kappa shape index (κ3) is 3.68. The Kier molecular flexibility index (Phi) is 4.71. The minimum absolute atomic E-state index is 0.192. The van der Waals surface area contributed by atoms with Crippen LogP contribution < -0.4 is 5.32 Å². The number of aliphatic hydroxyl groups excluding tert-OH is 1. The molecule has 1 aromatic carbocycles. The molecule has 0 saturated carbocycles. The van der Waals surface area contributed by atoms with Gasteiger partial charge in [-0.1, -0.05) is 58.5 Å². The third-order valence-electron chi connectivity index (χ3n) is 1.70. The third-order valence-corrected chi connectivity index (χ3v) is 2.65. The van der Waals surface area contributed by atoms with Gasteiger partial charge < -0.3 is 10.4 Å². The van der Waals surface area contributed by atoms with Gasteiger partial charge in [0.1, 0.15) is 0 Å². The number of aliphatic hydroxyl groups is 1. The van der Waals surface area contributed by atoms with Gasteiger partial charge in [0.15, 0.2) is 6.23 Å². The van der Waals surface area contributed by atoms with Gasteiger partial charge in [-0.25, -0.2) is 0 Å². The molecular weight excluding hydrogens is 296 g/mol. The van der Waals surface area contributed by atoms with Crippen LogP contribution in [0.15, 0.2) is 24.3 Å². The lowest BCUT2D eigenvalue weighted by molar-refractivity contribution is 0.0792. The zero-order chi connectivity index (χ0) is 12.3. The molecule has 1 amide bonds. The average molecular weight is 303 g/mol. The number of amides is 1. The monoisotopic (exact) mass is 301 g/mol. The number of alkyl halides is 3. The van der Waals surface area contributed by atoms with Crippen molar-refractivity contribution in [2.45, 2.75) is 10.0 Å². The molecule has 3 nitrogen and oxygen atoms in total. The van der Waals surface area contributed by atoms with E-state index >= 15 is 0 Å². The Bertz CT molecular complexity index is 391. The Morgan fingerprint density at radius 1 is 1.31 bits per heavy atom. The fourth-order valence-electron chi connectivity index (χ4n) is 0.929. The van der Waals surface area contributed by atoms with Gasteiger partial charge in [0.05, 0.1) is 10.6 Å². The van der Waals surface area contributed by atoms with Crippen molar-refractivity contribution in [3.8, 4) is 0 Å². The minimum Gasteiger partial charge on any atom is -0.369 e. The Balaban J connectivity index is 2.78. The van der Waals surface area contributed by atoms with E-state index in [4.69, 9.17) is 46.4 Å². The Labute approximate surface area is 112 Å². The molecule has 0 aliphatic carbocycles. The van der Waals surface area contributed by atoms with E-state index in [1.807, 2.05) is 0 Å². The van der Waals surface area contributed by atoms with E-state index in [1.54, 1.807) is 12.1 Å². The van der Waals surface area contributed by atoms with Gasteiger partial charge in [-0.15, -0.1) is 0 Å². The number of carbonyl (C=O) groups is 1. The largest absolute Gasteiger partial charge is 0.369 e. The van der Waals surface area contributed by atoms with Gasteiger partial charge in [-0.3, -0.25) is 4.79 Å². The highest BCUT2D eigenvalue weighted by atomic mass is 35.6. The zero-order valence-electron chi connectivity index (χ0n) is 7.75. The topological polar surface area (TPSA) is 49.3 Å². The summed E-state index contributed by atoms with van der Waals surface area (Å²) in [6, 6.07) is 6.33. The molecule has 0 unspecified atom stereocenters. The van der Waals surface area contributed by atoms with Crippen molar-refractivity contribution < 1.29 is 9.90 Å². The maximum atomic E-state index is 11.6. The summed E-state index contributed by atoms with van der Waals surface area (Å²) in [6.45, 7) is 0. The van der Waals surface area contributed by atoms with E-state index in [0.717, 1.165) is 0 Å².